The van der Waals surface area contributed by atoms with Crippen molar-refractivity contribution in [3.05, 3.63) is 35.6 Å². The van der Waals surface area contributed by atoms with Crippen molar-refractivity contribution in [3.8, 4) is 0 Å². The van der Waals surface area contributed by atoms with Crippen LogP contribution in [-0.2, 0) is 9.53 Å². The normalized spacial score (nSPS) is 18.9. The van der Waals surface area contributed by atoms with Crippen molar-refractivity contribution in [1.29, 1.82) is 0 Å². The molecule has 1 aliphatic rings. The van der Waals surface area contributed by atoms with E-state index in [-0.39, 0.29) is 23.5 Å². The van der Waals surface area contributed by atoms with Crippen LogP contribution in [0, 0.1) is 11.7 Å². The van der Waals surface area contributed by atoms with Crippen LogP contribution in [0.3, 0.4) is 0 Å². The number of carbonyl (C=O) groups excluding carboxylic acids is 2. The molecule has 0 saturated carbocycles. The number of halogens is 1. The monoisotopic (exact) mass is 350 g/mol. The lowest BCUT2D eigenvalue weighted by atomic mass is 10.00. The molecule has 1 aliphatic heterocycles. The molecule has 0 aliphatic carbocycles. The van der Waals surface area contributed by atoms with Gasteiger partial charge in [-0.2, -0.15) is 0 Å². The fraction of sp³-hybridized carbons (Fsp3) is 0.579. The van der Waals surface area contributed by atoms with Gasteiger partial charge in [0.1, 0.15) is 11.9 Å². The van der Waals surface area contributed by atoms with E-state index in [1.807, 2.05) is 20.8 Å². The first-order chi connectivity index (χ1) is 11.9. The minimum Gasteiger partial charge on any atom is -0.377 e. The van der Waals surface area contributed by atoms with Crippen LogP contribution in [0.15, 0.2) is 24.3 Å². The lowest BCUT2D eigenvalue weighted by Gasteiger charge is -2.35. The molecule has 6 heteroatoms. The van der Waals surface area contributed by atoms with E-state index in [1.54, 1.807) is 11.0 Å². The lowest BCUT2D eigenvalue weighted by Crippen LogP contribution is -2.54. The Labute approximate surface area is 148 Å². The zero-order valence-electron chi connectivity index (χ0n) is 15.1. The number of rotatable bonds is 6. The third kappa shape index (κ3) is 5.01. The van der Waals surface area contributed by atoms with Crippen molar-refractivity contribution in [2.24, 2.45) is 5.92 Å². The second-order valence-electron chi connectivity index (χ2n) is 6.68. The number of amides is 2. The topological polar surface area (TPSA) is 58.6 Å². The molecule has 1 aromatic rings. The van der Waals surface area contributed by atoms with Gasteiger partial charge in [-0.15, -0.1) is 0 Å². The second-order valence-corrected chi connectivity index (χ2v) is 6.68. The Balaban J connectivity index is 2.08. The number of piperidine rings is 1. The van der Waals surface area contributed by atoms with Crippen LogP contribution in [-0.4, -0.2) is 48.6 Å². The molecule has 25 heavy (non-hydrogen) atoms. The van der Waals surface area contributed by atoms with Crippen molar-refractivity contribution >= 4 is 11.8 Å². The molecular formula is C19H27FN2O3. The zero-order valence-corrected chi connectivity index (χ0v) is 15.1. The lowest BCUT2D eigenvalue weighted by molar-refractivity contribution is -0.138. The van der Waals surface area contributed by atoms with Gasteiger partial charge < -0.3 is 15.0 Å². The molecular weight excluding hydrogens is 323 g/mol. The Morgan fingerprint density at radius 1 is 1.36 bits per heavy atom. The summed E-state index contributed by atoms with van der Waals surface area (Å²) < 4.78 is 19.4. The minimum absolute atomic E-state index is 0.0396. The summed E-state index contributed by atoms with van der Waals surface area (Å²) in [5.41, 5.74) is -0.0493. The molecule has 1 N–H and O–H groups in total. The Morgan fingerprint density at radius 2 is 2.08 bits per heavy atom. The highest BCUT2D eigenvalue weighted by Gasteiger charge is 2.32. The molecule has 2 rings (SSSR count). The van der Waals surface area contributed by atoms with Gasteiger partial charge in [-0.05, 0) is 37.8 Å². The van der Waals surface area contributed by atoms with E-state index >= 15 is 0 Å². The molecule has 2 atom stereocenters. The Hall–Kier alpha value is -1.95. The first-order valence-corrected chi connectivity index (χ1v) is 8.89. The number of hydrogen-bond donors (Lipinski definition) is 1. The smallest absolute Gasteiger partial charge is 0.254 e. The number of likely N-dealkylation sites (tertiary alicyclic amines) is 1. The molecule has 0 aromatic heterocycles. The van der Waals surface area contributed by atoms with Crippen LogP contribution in [0.2, 0.25) is 0 Å². The van der Waals surface area contributed by atoms with E-state index in [0.29, 0.717) is 19.7 Å². The van der Waals surface area contributed by atoms with Crippen molar-refractivity contribution in [2.45, 2.75) is 45.8 Å². The first kappa shape index (κ1) is 19.4. The van der Waals surface area contributed by atoms with Crippen molar-refractivity contribution in [1.82, 2.24) is 10.2 Å². The first-order valence-electron chi connectivity index (χ1n) is 8.89. The summed E-state index contributed by atoms with van der Waals surface area (Å²) in [6.07, 6.45) is 1.85. The van der Waals surface area contributed by atoms with Crippen molar-refractivity contribution in [2.75, 3.05) is 19.7 Å². The van der Waals surface area contributed by atoms with Crippen LogP contribution in [0.1, 0.15) is 44.0 Å². The number of ether oxygens (including phenoxy) is 1. The molecule has 0 bridgehead atoms. The summed E-state index contributed by atoms with van der Waals surface area (Å²) in [7, 11) is 0. The maximum Gasteiger partial charge on any atom is 0.254 e. The van der Waals surface area contributed by atoms with Gasteiger partial charge in [0.05, 0.1) is 11.7 Å². The molecule has 5 nitrogen and oxygen atoms in total. The number of hydrogen-bond acceptors (Lipinski definition) is 3. The van der Waals surface area contributed by atoms with Gasteiger partial charge in [-0.25, -0.2) is 4.39 Å². The summed E-state index contributed by atoms with van der Waals surface area (Å²) in [5.74, 6) is -1.40. The molecule has 2 unspecified atom stereocenters. The quantitative estimate of drug-likeness (QED) is 0.858. The van der Waals surface area contributed by atoms with Gasteiger partial charge >= 0.3 is 0 Å². The third-order valence-electron chi connectivity index (χ3n) is 4.43. The maximum absolute atomic E-state index is 13.8. The number of benzene rings is 1. The van der Waals surface area contributed by atoms with E-state index in [2.05, 4.69) is 5.32 Å². The Bertz CT molecular complexity index is 604. The number of carbonyl (C=O) groups is 2. The highest BCUT2D eigenvalue weighted by atomic mass is 19.1. The largest absolute Gasteiger partial charge is 0.377 e. The molecule has 0 spiro atoms. The molecule has 0 radical (unpaired) electrons. The SMILES string of the molecule is CCOC1CCCN(C(=O)C(NC(=O)c2ccccc2F)C(C)C)C1. The predicted octanol–water partition coefficient (Wildman–Crippen LogP) is 2.61. The fourth-order valence-corrected chi connectivity index (χ4v) is 3.08. The summed E-state index contributed by atoms with van der Waals surface area (Å²) in [4.78, 5) is 27.0. The Morgan fingerprint density at radius 3 is 2.72 bits per heavy atom. The van der Waals surface area contributed by atoms with Gasteiger partial charge in [0.2, 0.25) is 5.91 Å². The van der Waals surface area contributed by atoms with Gasteiger partial charge in [0.15, 0.2) is 0 Å². The third-order valence-corrected chi connectivity index (χ3v) is 4.43. The highest BCUT2D eigenvalue weighted by Crippen LogP contribution is 2.17. The highest BCUT2D eigenvalue weighted by molar-refractivity contribution is 5.97. The molecule has 1 heterocycles. The second kappa shape index (κ2) is 8.94. The van der Waals surface area contributed by atoms with Crippen LogP contribution >= 0.6 is 0 Å². The van der Waals surface area contributed by atoms with Crippen LogP contribution in [0.5, 0.6) is 0 Å². The van der Waals surface area contributed by atoms with Crippen molar-refractivity contribution < 1.29 is 18.7 Å². The maximum atomic E-state index is 13.8. The van der Waals surface area contributed by atoms with Crippen LogP contribution in [0.25, 0.3) is 0 Å². The summed E-state index contributed by atoms with van der Waals surface area (Å²) in [6, 6.07) is 5.09. The average molecular weight is 350 g/mol. The number of nitrogens with one attached hydrogen (secondary N) is 1. The van der Waals surface area contributed by atoms with E-state index < -0.39 is 17.8 Å². The number of nitrogens with zero attached hydrogens (tertiary/aromatic N) is 1. The standard InChI is InChI=1S/C19H27FN2O3/c1-4-25-14-8-7-11-22(12-14)19(24)17(13(2)3)21-18(23)15-9-5-6-10-16(15)20/h5-6,9-10,13-14,17H,4,7-8,11-12H2,1-3H3,(H,21,23). The summed E-state index contributed by atoms with van der Waals surface area (Å²) >= 11 is 0. The van der Waals surface area contributed by atoms with Crippen molar-refractivity contribution in [3.63, 3.8) is 0 Å². The van der Waals surface area contributed by atoms with Gasteiger partial charge in [-0.1, -0.05) is 26.0 Å². The van der Waals surface area contributed by atoms with E-state index in [1.165, 1.54) is 18.2 Å². The molecule has 2 amide bonds. The van der Waals surface area contributed by atoms with E-state index in [9.17, 15) is 14.0 Å². The van der Waals surface area contributed by atoms with Gasteiger partial charge in [0.25, 0.3) is 5.91 Å². The van der Waals surface area contributed by atoms with Gasteiger partial charge in [-0.3, -0.25) is 9.59 Å². The molecule has 1 saturated heterocycles. The Kier molecular flexibility index (Phi) is 6.93. The van der Waals surface area contributed by atoms with E-state index in [4.69, 9.17) is 4.74 Å². The average Bonchev–Trinajstić information content (AvgIpc) is 2.59. The fourth-order valence-electron chi connectivity index (χ4n) is 3.08. The molecule has 1 aromatic carbocycles. The molecule has 138 valence electrons. The predicted molar refractivity (Wildman–Crippen MR) is 93.7 cm³/mol. The van der Waals surface area contributed by atoms with E-state index in [0.717, 1.165) is 12.8 Å². The van der Waals surface area contributed by atoms with Crippen LogP contribution < -0.4 is 5.32 Å². The van der Waals surface area contributed by atoms with Gasteiger partial charge in [0, 0.05) is 19.7 Å². The molecule has 1 fully saturated rings. The zero-order chi connectivity index (χ0) is 18.4. The summed E-state index contributed by atoms with van der Waals surface area (Å²) in [5, 5.41) is 2.71. The minimum atomic E-state index is -0.688. The van der Waals surface area contributed by atoms with Crippen LogP contribution in [0.4, 0.5) is 4.39 Å². The summed E-state index contributed by atoms with van der Waals surface area (Å²) in [6.45, 7) is 7.48.